The number of nitrogens with zero attached hydrogens (tertiary/aromatic N) is 1. The molecule has 2 nitrogen and oxygen atoms in total. The van der Waals surface area contributed by atoms with Gasteiger partial charge in [-0.3, -0.25) is 4.31 Å². The molecule has 84 valence electrons. The molecular weight excluding hydrogens is 224 g/mol. The minimum absolute atomic E-state index is 0.0880. The molecule has 1 N–H and O–H groups in total. The Hall–Kier alpha value is -0.220. The lowest BCUT2D eigenvalue weighted by atomic mass is 10.0. The van der Waals surface area contributed by atoms with E-state index in [9.17, 15) is 0 Å². The largest absolute Gasteiger partial charge is 0.335 e. The van der Waals surface area contributed by atoms with E-state index in [1.807, 2.05) is 11.9 Å². The molecule has 1 heterocycles. The molecule has 2 aliphatic rings. The van der Waals surface area contributed by atoms with Crippen LogP contribution < -0.4 is 5.32 Å². The van der Waals surface area contributed by atoms with Gasteiger partial charge in [0.2, 0.25) is 0 Å². The molecule has 0 radical (unpaired) electrons. The highest BCUT2D eigenvalue weighted by Crippen LogP contribution is 2.40. The van der Waals surface area contributed by atoms with Crippen molar-refractivity contribution in [1.82, 2.24) is 9.62 Å². The Morgan fingerprint density at radius 1 is 1.27 bits per heavy atom. The molecule has 0 fully saturated rings. The third-order valence-corrected chi connectivity index (χ3v) is 4.65. The van der Waals surface area contributed by atoms with E-state index in [4.69, 9.17) is 12.2 Å². The monoisotopic (exact) mass is 242 g/mol. The van der Waals surface area contributed by atoms with Crippen LogP contribution in [0.25, 0.3) is 0 Å². The lowest BCUT2D eigenvalue weighted by Gasteiger charge is -2.41. The highest BCUT2D eigenvalue weighted by atomic mass is 32.2. The van der Waals surface area contributed by atoms with Gasteiger partial charge >= 0.3 is 0 Å². The van der Waals surface area contributed by atoms with Gasteiger partial charge in [-0.15, -0.1) is 0 Å². The van der Waals surface area contributed by atoms with Gasteiger partial charge in [0.25, 0.3) is 0 Å². The number of hydrogen-bond donors (Lipinski definition) is 1. The molecule has 0 aromatic heterocycles. The van der Waals surface area contributed by atoms with Crippen molar-refractivity contribution < 1.29 is 0 Å². The minimum Gasteiger partial charge on any atom is -0.335 e. The van der Waals surface area contributed by atoms with Crippen molar-refractivity contribution in [2.24, 2.45) is 0 Å². The summed E-state index contributed by atoms with van der Waals surface area (Å²) in [5.41, 5.74) is 1.46. The fourth-order valence-corrected chi connectivity index (χ4v) is 3.51. The van der Waals surface area contributed by atoms with E-state index >= 15 is 0 Å². The van der Waals surface area contributed by atoms with Crippen LogP contribution in [-0.4, -0.2) is 15.0 Å². The SMILES string of the molecule is CC(C)(C)N1SC2=C(CCCC2)NC1=S. The molecule has 0 aromatic rings. The van der Waals surface area contributed by atoms with E-state index < -0.39 is 0 Å². The van der Waals surface area contributed by atoms with Crippen molar-refractivity contribution in [3.63, 3.8) is 0 Å². The third-order valence-electron chi connectivity index (χ3n) is 2.67. The first-order valence-electron chi connectivity index (χ1n) is 5.50. The molecule has 15 heavy (non-hydrogen) atoms. The highest BCUT2D eigenvalue weighted by Gasteiger charge is 2.31. The van der Waals surface area contributed by atoms with Gasteiger partial charge < -0.3 is 5.32 Å². The quantitative estimate of drug-likeness (QED) is 0.517. The van der Waals surface area contributed by atoms with E-state index in [1.165, 1.54) is 36.3 Å². The Balaban J connectivity index is 2.21. The molecule has 0 aromatic carbocycles. The van der Waals surface area contributed by atoms with Crippen molar-refractivity contribution in [2.45, 2.75) is 52.0 Å². The smallest absolute Gasteiger partial charge is 0.184 e. The Morgan fingerprint density at radius 2 is 1.93 bits per heavy atom. The predicted octanol–water partition coefficient (Wildman–Crippen LogP) is 3.41. The summed E-state index contributed by atoms with van der Waals surface area (Å²) in [5.74, 6) is 0. The molecular formula is C11H18N2S2. The maximum Gasteiger partial charge on any atom is 0.184 e. The van der Waals surface area contributed by atoms with Crippen LogP contribution in [-0.2, 0) is 0 Å². The van der Waals surface area contributed by atoms with Crippen LogP contribution in [0.15, 0.2) is 10.6 Å². The van der Waals surface area contributed by atoms with Gasteiger partial charge in [-0.25, -0.2) is 0 Å². The van der Waals surface area contributed by atoms with Crippen LogP contribution in [0.2, 0.25) is 0 Å². The Kier molecular flexibility index (Phi) is 2.99. The number of rotatable bonds is 0. The number of nitrogens with one attached hydrogen (secondary N) is 1. The fraction of sp³-hybridized carbons (Fsp3) is 0.727. The van der Waals surface area contributed by atoms with Gasteiger partial charge in [-0.05, 0) is 70.6 Å². The van der Waals surface area contributed by atoms with Crippen LogP contribution >= 0.6 is 24.2 Å². The molecule has 0 unspecified atom stereocenters. The first-order chi connectivity index (χ1) is 6.98. The summed E-state index contributed by atoms with van der Waals surface area (Å²) in [5, 5.41) is 4.26. The molecule has 0 amide bonds. The van der Waals surface area contributed by atoms with Gasteiger partial charge in [0.1, 0.15) is 0 Å². The van der Waals surface area contributed by atoms with Crippen LogP contribution in [0.5, 0.6) is 0 Å². The molecule has 0 bridgehead atoms. The Bertz CT molecular complexity index is 315. The molecule has 0 atom stereocenters. The topological polar surface area (TPSA) is 15.3 Å². The van der Waals surface area contributed by atoms with E-state index in [0.717, 1.165) is 5.11 Å². The molecule has 1 aliphatic heterocycles. The minimum atomic E-state index is 0.0880. The standard InChI is InChI=1S/C11H18N2S2/c1-11(2,3)13-10(14)12-8-6-4-5-7-9(8)15-13/h4-7H2,1-3H3,(H,12,14). The lowest BCUT2D eigenvalue weighted by molar-refractivity contribution is 0.372. The normalized spacial score (nSPS) is 22.6. The summed E-state index contributed by atoms with van der Waals surface area (Å²) >= 11 is 7.24. The second kappa shape index (κ2) is 3.98. The summed E-state index contributed by atoms with van der Waals surface area (Å²) in [7, 11) is 0. The van der Waals surface area contributed by atoms with E-state index in [-0.39, 0.29) is 5.54 Å². The van der Waals surface area contributed by atoms with Gasteiger partial charge in [-0.1, -0.05) is 0 Å². The van der Waals surface area contributed by atoms with Crippen LogP contribution in [0, 0.1) is 0 Å². The summed E-state index contributed by atoms with van der Waals surface area (Å²) in [6.07, 6.45) is 4.99. The van der Waals surface area contributed by atoms with Crippen LogP contribution in [0.3, 0.4) is 0 Å². The maximum atomic E-state index is 5.40. The van der Waals surface area contributed by atoms with Crippen molar-refractivity contribution in [2.75, 3.05) is 0 Å². The first-order valence-corrected chi connectivity index (χ1v) is 6.68. The predicted molar refractivity (Wildman–Crippen MR) is 70.4 cm³/mol. The molecule has 4 heteroatoms. The number of thiocarbonyl (C=S) groups is 1. The second-order valence-electron chi connectivity index (χ2n) is 5.10. The van der Waals surface area contributed by atoms with Gasteiger partial charge in [0.05, 0.1) is 0 Å². The van der Waals surface area contributed by atoms with Crippen molar-refractivity contribution in [3.8, 4) is 0 Å². The fourth-order valence-electron chi connectivity index (χ4n) is 1.88. The highest BCUT2D eigenvalue weighted by molar-refractivity contribution is 8.02. The lowest BCUT2D eigenvalue weighted by Crippen LogP contribution is -2.48. The second-order valence-corrected chi connectivity index (χ2v) is 6.52. The number of hydrogen-bond acceptors (Lipinski definition) is 2. The van der Waals surface area contributed by atoms with E-state index in [1.54, 1.807) is 0 Å². The van der Waals surface area contributed by atoms with Crippen LogP contribution in [0.1, 0.15) is 46.5 Å². The van der Waals surface area contributed by atoms with Crippen molar-refractivity contribution in [1.29, 1.82) is 0 Å². The van der Waals surface area contributed by atoms with Gasteiger partial charge in [0.15, 0.2) is 5.11 Å². The summed E-state index contributed by atoms with van der Waals surface area (Å²) < 4.78 is 2.21. The zero-order valence-electron chi connectivity index (χ0n) is 9.59. The zero-order valence-corrected chi connectivity index (χ0v) is 11.2. The summed E-state index contributed by atoms with van der Waals surface area (Å²) in [6, 6.07) is 0. The number of allylic oxidation sites excluding steroid dienone is 2. The van der Waals surface area contributed by atoms with Crippen molar-refractivity contribution in [3.05, 3.63) is 10.6 Å². The van der Waals surface area contributed by atoms with E-state index in [2.05, 4.69) is 30.4 Å². The average molecular weight is 242 g/mol. The zero-order chi connectivity index (χ0) is 11.1. The maximum absolute atomic E-state index is 5.40. The van der Waals surface area contributed by atoms with E-state index in [0.29, 0.717) is 0 Å². The Labute approximate surface area is 102 Å². The molecule has 0 saturated carbocycles. The average Bonchev–Trinajstić information content (AvgIpc) is 2.15. The van der Waals surface area contributed by atoms with Gasteiger partial charge in [-0.2, -0.15) is 0 Å². The molecule has 1 aliphatic carbocycles. The van der Waals surface area contributed by atoms with Crippen molar-refractivity contribution >= 4 is 29.3 Å². The molecule has 2 rings (SSSR count). The first kappa shape index (κ1) is 11.3. The molecule has 0 saturated heterocycles. The summed E-state index contributed by atoms with van der Waals surface area (Å²) in [6.45, 7) is 6.59. The third kappa shape index (κ3) is 2.31. The van der Waals surface area contributed by atoms with Gasteiger partial charge in [0, 0.05) is 16.1 Å². The molecule has 0 spiro atoms. The summed E-state index contributed by atoms with van der Waals surface area (Å²) in [4.78, 5) is 1.49. The Morgan fingerprint density at radius 3 is 2.60 bits per heavy atom. The van der Waals surface area contributed by atoms with Crippen LogP contribution in [0.4, 0.5) is 0 Å².